The third-order valence-electron chi connectivity index (χ3n) is 3.73. The van der Waals surface area contributed by atoms with Gasteiger partial charge in [-0.15, -0.1) is 6.42 Å². The van der Waals surface area contributed by atoms with E-state index in [-0.39, 0.29) is 34.1 Å². The number of benzene rings is 3. The summed E-state index contributed by atoms with van der Waals surface area (Å²) in [5, 5.41) is 0. The van der Waals surface area contributed by atoms with Gasteiger partial charge in [0.2, 0.25) is 0 Å². The predicted octanol–water partition coefficient (Wildman–Crippen LogP) is 3.51. The fraction of sp³-hybridized carbons (Fsp3) is 0.154. The van der Waals surface area contributed by atoms with Gasteiger partial charge in [0.05, 0.1) is 0 Å². The molecule has 140 valence electrons. The second-order valence-electron chi connectivity index (χ2n) is 6.13. The Morgan fingerprint density at radius 3 is 1.71 bits per heavy atom. The first-order chi connectivity index (χ1) is 12.7. The summed E-state index contributed by atoms with van der Waals surface area (Å²) in [5.41, 5.74) is 5.22. The summed E-state index contributed by atoms with van der Waals surface area (Å²) >= 11 is 0. The summed E-state index contributed by atoms with van der Waals surface area (Å²) in [6.45, 7) is 4.10. The Morgan fingerprint density at radius 1 is 0.786 bits per heavy atom. The molecule has 0 bridgehead atoms. The third kappa shape index (κ3) is 11.8. The van der Waals surface area contributed by atoms with Gasteiger partial charge in [0, 0.05) is 0 Å². The minimum Gasteiger partial charge on any atom is -1.00 e. The van der Waals surface area contributed by atoms with Crippen molar-refractivity contribution in [2.24, 2.45) is 0 Å². The zero-order valence-electron chi connectivity index (χ0n) is 16.5. The van der Waals surface area contributed by atoms with Crippen molar-refractivity contribution >= 4 is 0 Å². The maximum Gasteiger partial charge on any atom is 4.00 e. The maximum absolute atomic E-state index is 3.31. The van der Waals surface area contributed by atoms with Crippen LogP contribution >= 0.6 is 0 Å². The molecular formula is C26H25ClTi. The predicted molar refractivity (Wildman–Crippen MR) is 111 cm³/mol. The van der Waals surface area contributed by atoms with E-state index in [4.69, 9.17) is 0 Å². The molecule has 0 aliphatic heterocycles. The van der Waals surface area contributed by atoms with Crippen molar-refractivity contribution in [3.8, 4) is 0 Å². The van der Waals surface area contributed by atoms with Crippen molar-refractivity contribution in [3.05, 3.63) is 131 Å². The van der Waals surface area contributed by atoms with E-state index >= 15 is 0 Å². The summed E-state index contributed by atoms with van der Waals surface area (Å²) in [5.74, 6) is 0. The molecule has 2 heteroatoms. The number of hydrogen-bond donors (Lipinski definition) is 0. The van der Waals surface area contributed by atoms with Crippen molar-refractivity contribution in [2.45, 2.75) is 26.7 Å². The molecular weight excluding hydrogens is 396 g/mol. The van der Waals surface area contributed by atoms with Gasteiger partial charge in [0.1, 0.15) is 0 Å². The maximum atomic E-state index is 3.31. The van der Waals surface area contributed by atoms with Gasteiger partial charge in [0.15, 0.2) is 0 Å². The van der Waals surface area contributed by atoms with Crippen molar-refractivity contribution in [3.63, 3.8) is 0 Å². The third-order valence-corrected chi connectivity index (χ3v) is 3.73. The topological polar surface area (TPSA) is 0 Å². The molecule has 0 heterocycles. The Morgan fingerprint density at radius 2 is 1.36 bits per heavy atom. The SMILES string of the molecule is Cc1c[c-]ccc1.Cc1c[c-]ccc1.[C-]1=C(Cc2ccccc2)C=CC1.[Cl-].[Ti+4]. The van der Waals surface area contributed by atoms with Crippen LogP contribution in [-0.2, 0) is 28.1 Å². The van der Waals surface area contributed by atoms with Gasteiger partial charge in [-0.05, 0) is 12.0 Å². The molecule has 0 spiro atoms. The van der Waals surface area contributed by atoms with Crippen LogP contribution in [0.3, 0.4) is 0 Å². The minimum atomic E-state index is 0. The molecule has 0 nitrogen and oxygen atoms in total. The van der Waals surface area contributed by atoms with E-state index in [0.29, 0.717) is 0 Å². The average Bonchev–Trinajstić information content (AvgIpc) is 3.18. The monoisotopic (exact) mass is 420 g/mol. The van der Waals surface area contributed by atoms with Crippen LogP contribution in [0.15, 0.2) is 96.6 Å². The normalized spacial score (nSPS) is 10.7. The zero-order chi connectivity index (χ0) is 18.5. The van der Waals surface area contributed by atoms with E-state index in [2.05, 4.69) is 80.6 Å². The van der Waals surface area contributed by atoms with E-state index < -0.39 is 0 Å². The van der Waals surface area contributed by atoms with Crippen LogP contribution in [0.4, 0.5) is 0 Å². The molecule has 0 aromatic heterocycles. The molecule has 0 atom stereocenters. The van der Waals surface area contributed by atoms with Gasteiger partial charge in [-0.1, -0.05) is 44.2 Å². The number of rotatable bonds is 2. The van der Waals surface area contributed by atoms with Gasteiger partial charge in [-0.3, -0.25) is 6.08 Å². The number of allylic oxidation sites excluding steroid dienone is 4. The summed E-state index contributed by atoms with van der Waals surface area (Å²) < 4.78 is 0. The molecule has 0 amide bonds. The summed E-state index contributed by atoms with van der Waals surface area (Å²) in [6.07, 6.45) is 9.63. The largest absolute Gasteiger partial charge is 4.00 e. The Balaban J connectivity index is 0.000000399. The summed E-state index contributed by atoms with van der Waals surface area (Å²) in [7, 11) is 0. The van der Waals surface area contributed by atoms with Gasteiger partial charge in [-0.2, -0.15) is 77.9 Å². The van der Waals surface area contributed by atoms with Crippen molar-refractivity contribution < 1.29 is 34.1 Å². The molecule has 1 aliphatic carbocycles. The van der Waals surface area contributed by atoms with Gasteiger partial charge in [-0.25, -0.2) is 11.6 Å². The van der Waals surface area contributed by atoms with Gasteiger partial charge >= 0.3 is 21.7 Å². The molecule has 0 radical (unpaired) electrons. The fourth-order valence-electron chi connectivity index (χ4n) is 2.35. The molecule has 1 aliphatic rings. The Kier molecular flexibility index (Phi) is 15.1. The molecule has 0 unspecified atom stereocenters. The van der Waals surface area contributed by atoms with E-state index in [1.54, 1.807) is 0 Å². The van der Waals surface area contributed by atoms with Crippen LogP contribution < -0.4 is 12.4 Å². The van der Waals surface area contributed by atoms with Crippen LogP contribution in [0.25, 0.3) is 0 Å². The molecule has 3 aromatic rings. The fourth-order valence-corrected chi connectivity index (χ4v) is 2.35. The Labute approximate surface area is 191 Å². The molecule has 4 rings (SSSR count). The molecule has 0 N–H and O–H groups in total. The van der Waals surface area contributed by atoms with Crippen LogP contribution in [0, 0.1) is 32.1 Å². The van der Waals surface area contributed by atoms with E-state index in [0.717, 1.165) is 12.8 Å². The summed E-state index contributed by atoms with van der Waals surface area (Å²) in [6, 6.07) is 32.2. The van der Waals surface area contributed by atoms with Crippen molar-refractivity contribution in [2.75, 3.05) is 0 Å². The first-order valence-electron chi connectivity index (χ1n) is 8.89. The molecule has 28 heavy (non-hydrogen) atoms. The molecule has 0 saturated carbocycles. The number of hydrogen-bond acceptors (Lipinski definition) is 0. The standard InChI is InChI=1S/C12H11.2C7H7.ClH.Ti/c1-2-6-11(7-3-1)10-12-8-4-5-9-12;2*1-7-5-3-2-4-6-7;;/h1-4,6-8H,5,10H2;2*2-3,5-6H,1H3;1H;/q3*-1;;+4/p-1. The number of aryl methyl sites for hydroxylation is 2. The molecule has 3 aromatic carbocycles. The van der Waals surface area contributed by atoms with Crippen LogP contribution in [0.1, 0.15) is 23.1 Å². The summed E-state index contributed by atoms with van der Waals surface area (Å²) in [4.78, 5) is 0. The average molecular weight is 421 g/mol. The van der Waals surface area contributed by atoms with Crippen molar-refractivity contribution in [1.82, 2.24) is 0 Å². The van der Waals surface area contributed by atoms with E-state index in [1.165, 1.54) is 22.3 Å². The second-order valence-corrected chi connectivity index (χ2v) is 6.13. The second kappa shape index (κ2) is 16.1. The quantitative estimate of drug-likeness (QED) is 0.440. The van der Waals surface area contributed by atoms with Crippen LogP contribution in [-0.4, -0.2) is 0 Å². The Hall–Kier alpha value is -1.86. The van der Waals surface area contributed by atoms with Gasteiger partial charge < -0.3 is 12.4 Å². The molecule has 0 fully saturated rings. The minimum absolute atomic E-state index is 0. The van der Waals surface area contributed by atoms with E-state index in [9.17, 15) is 0 Å². The number of halogens is 1. The van der Waals surface area contributed by atoms with E-state index in [1.807, 2.05) is 42.5 Å². The first-order valence-corrected chi connectivity index (χ1v) is 8.89. The Bertz CT molecular complexity index is 756. The van der Waals surface area contributed by atoms with Crippen molar-refractivity contribution in [1.29, 1.82) is 0 Å². The van der Waals surface area contributed by atoms with Gasteiger partial charge in [0.25, 0.3) is 0 Å². The molecule has 0 saturated heterocycles. The zero-order valence-corrected chi connectivity index (χ0v) is 18.8. The smallest absolute Gasteiger partial charge is 1.00 e. The first kappa shape index (κ1) is 26.1. The van der Waals surface area contributed by atoms with Crippen LogP contribution in [0.5, 0.6) is 0 Å². The van der Waals surface area contributed by atoms with Crippen LogP contribution in [0.2, 0.25) is 0 Å².